The van der Waals surface area contributed by atoms with E-state index in [2.05, 4.69) is 227 Å². The van der Waals surface area contributed by atoms with Crippen LogP contribution in [0.25, 0.3) is 93.6 Å². The maximum atomic E-state index is 2.46. The number of hydrogen-bond acceptors (Lipinski definition) is 0. The largest absolute Gasteiger partial charge is 0.310 e. The van der Waals surface area contributed by atoms with Gasteiger partial charge in [-0.05, 0) is 108 Å². The molecule has 0 saturated carbocycles. The van der Waals surface area contributed by atoms with E-state index >= 15 is 0 Å². The fourth-order valence-corrected chi connectivity index (χ4v) is 9.72. The van der Waals surface area contributed by atoms with Gasteiger partial charge in [0.05, 0.1) is 33.1 Å². The molecule has 1 unspecified atom stereocenters. The Kier molecular flexibility index (Phi) is 7.12. The van der Waals surface area contributed by atoms with Gasteiger partial charge in [-0.25, -0.2) is 0 Å². The van der Waals surface area contributed by atoms with Gasteiger partial charge < -0.3 is 13.7 Å². The van der Waals surface area contributed by atoms with Gasteiger partial charge in [-0.1, -0.05) is 128 Å². The van der Waals surface area contributed by atoms with Crippen molar-refractivity contribution < 1.29 is 0 Å². The third-order valence-corrected chi connectivity index (χ3v) is 12.7. The third kappa shape index (κ3) is 4.86. The van der Waals surface area contributed by atoms with Crippen LogP contribution >= 0.6 is 0 Å². The van der Waals surface area contributed by atoms with E-state index in [0.29, 0.717) is 0 Å². The zero-order chi connectivity index (χ0) is 38.4. The molecule has 0 bridgehead atoms. The first kappa shape index (κ1) is 32.8. The van der Waals surface area contributed by atoms with Crippen molar-refractivity contribution in [3.05, 3.63) is 212 Å². The minimum atomic E-state index is -0.137. The fourth-order valence-electron chi connectivity index (χ4n) is 9.72. The van der Waals surface area contributed by atoms with Crippen LogP contribution in [-0.4, -0.2) is 13.7 Å². The molecule has 3 heteroatoms. The summed E-state index contributed by atoms with van der Waals surface area (Å²) in [5.74, 6) is 0. The average Bonchev–Trinajstić information content (AvgIpc) is 3.92. The number of hydrogen-bond donors (Lipinski definition) is 0. The van der Waals surface area contributed by atoms with Crippen LogP contribution in [-0.2, 0) is 5.41 Å². The Morgan fingerprint density at radius 2 is 0.793 bits per heavy atom. The minimum absolute atomic E-state index is 0.137. The lowest BCUT2D eigenvalue weighted by Gasteiger charge is -2.29. The predicted molar refractivity (Wildman–Crippen MR) is 245 cm³/mol. The van der Waals surface area contributed by atoms with E-state index in [9.17, 15) is 0 Å². The maximum Gasteiger partial charge on any atom is 0.0541 e. The van der Waals surface area contributed by atoms with Crippen molar-refractivity contribution in [1.82, 2.24) is 13.7 Å². The van der Waals surface area contributed by atoms with Gasteiger partial charge in [0, 0.05) is 54.8 Å². The average molecular weight is 742 g/mol. The highest BCUT2D eigenvalue weighted by Crippen LogP contribution is 2.42. The molecule has 1 aliphatic carbocycles. The van der Waals surface area contributed by atoms with Gasteiger partial charge in [0.15, 0.2) is 0 Å². The van der Waals surface area contributed by atoms with E-state index in [1.807, 2.05) is 0 Å². The van der Waals surface area contributed by atoms with E-state index in [4.69, 9.17) is 0 Å². The predicted octanol–water partition coefficient (Wildman–Crippen LogP) is 14.4. The highest BCUT2D eigenvalue weighted by atomic mass is 15.0. The lowest BCUT2D eigenvalue weighted by molar-refractivity contribution is 0.600. The molecule has 274 valence electrons. The van der Waals surface area contributed by atoms with Crippen LogP contribution in [0.15, 0.2) is 206 Å². The lowest BCUT2D eigenvalue weighted by atomic mass is 9.76. The highest BCUT2D eigenvalue weighted by Gasteiger charge is 2.28. The molecule has 58 heavy (non-hydrogen) atoms. The van der Waals surface area contributed by atoms with Crippen LogP contribution in [0.3, 0.4) is 0 Å². The van der Waals surface area contributed by atoms with Gasteiger partial charge in [-0.15, -0.1) is 0 Å². The van der Waals surface area contributed by atoms with Gasteiger partial charge in [0.1, 0.15) is 0 Å². The summed E-state index contributed by atoms with van der Waals surface area (Å²) in [7, 11) is 0. The molecule has 0 radical (unpaired) electrons. The summed E-state index contributed by atoms with van der Waals surface area (Å²) in [6, 6.07) is 68.8. The number of rotatable bonds is 5. The molecule has 3 nitrogen and oxygen atoms in total. The molecule has 0 aliphatic heterocycles. The second-order valence-corrected chi connectivity index (χ2v) is 16.0. The Bertz CT molecular complexity index is 3480. The molecule has 3 heterocycles. The first-order chi connectivity index (χ1) is 28.6. The summed E-state index contributed by atoms with van der Waals surface area (Å²) in [5, 5.41) is 7.64. The second-order valence-electron chi connectivity index (χ2n) is 16.0. The van der Waals surface area contributed by atoms with Crippen LogP contribution in [0.5, 0.6) is 0 Å². The van der Waals surface area contributed by atoms with Crippen molar-refractivity contribution in [1.29, 1.82) is 0 Å². The van der Waals surface area contributed by atoms with E-state index in [1.165, 1.54) is 99.2 Å². The van der Waals surface area contributed by atoms with Crippen LogP contribution in [0.2, 0.25) is 0 Å². The number of aromatic nitrogens is 3. The summed E-state index contributed by atoms with van der Waals surface area (Å²) in [5.41, 5.74) is 14.6. The first-order valence-electron chi connectivity index (χ1n) is 20.2. The SMILES string of the molecule is CC1(c2ccc3c(c2)c2ccccc2n3-c2ccccc2)C=CC(n2c3ccccc3c3cc(-c4ccc5c(c4)c4ccccc4n5-c4ccccc4)ccc32)=CC1. The lowest BCUT2D eigenvalue weighted by Crippen LogP contribution is -2.20. The Morgan fingerprint density at radius 3 is 1.29 bits per heavy atom. The molecule has 0 spiro atoms. The Labute approximate surface area is 336 Å². The number of nitrogens with zero attached hydrogens (tertiary/aromatic N) is 3. The molecular weight excluding hydrogens is 703 g/mol. The van der Waals surface area contributed by atoms with E-state index < -0.39 is 0 Å². The van der Waals surface area contributed by atoms with Gasteiger partial charge in [0.25, 0.3) is 0 Å². The van der Waals surface area contributed by atoms with E-state index in [0.717, 1.165) is 6.42 Å². The Morgan fingerprint density at radius 1 is 0.379 bits per heavy atom. The smallest absolute Gasteiger partial charge is 0.0541 e. The summed E-state index contributed by atoms with van der Waals surface area (Å²) >= 11 is 0. The van der Waals surface area contributed by atoms with Gasteiger partial charge in [0.2, 0.25) is 0 Å². The van der Waals surface area contributed by atoms with Crippen molar-refractivity contribution >= 4 is 71.1 Å². The molecule has 12 rings (SSSR count). The first-order valence-corrected chi connectivity index (χ1v) is 20.2. The molecular formula is C55H39N3. The standard InChI is InChI=1S/C55H39N3/c1-55(39-26-29-54-48(36-39)45-20-10-13-23-51(45)57(54)41-16-6-3-7-17-41)32-30-42(31-33-55)58-50-22-12-9-19-44(50)47-35-38(25-28-53(47)58)37-24-27-52-46(34-37)43-18-8-11-21-49(43)56(52)40-14-4-2-5-15-40/h2-32,34-36H,33H2,1H3. The molecule has 8 aromatic carbocycles. The number of benzene rings is 8. The minimum Gasteiger partial charge on any atom is -0.310 e. The van der Waals surface area contributed by atoms with E-state index in [-0.39, 0.29) is 5.41 Å². The van der Waals surface area contributed by atoms with Crippen LogP contribution in [0, 0.1) is 0 Å². The van der Waals surface area contributed by atoms with Crippen molar-refractivity contribution in [2.75, 3.05) is 0 Å². The number of para-hydroxylation sites is 5. The number of allylic oxidation sites excluding steroid dienone is 4. The molecule has 1 aliphatic rings. The molecule has 3 aromatic heterocycles. The summed E-state index contributed by atoms with van der Waals surface area (Å²) < 4.78 is 7.23. The monoisotopic (exact) mass is 741 g/mol. The van der Waals surface area contributed by atoms with Crippen LogP contribution < -0.4 is 0 Å². The topological polar surface area (TPSA) is 14.8 Å². The second kappa shape index (κ2) is 12.6. The Hall–Kier alpha value is -7.36. The molecule has 0 fully saturated rings. The van der Waals surface area contributed by atoms with Crippen molar-refractivity contribution in [3.63, 3.8) is 0 Å². The summed E-state index contributed by atoms with van der Waals surface area (Å²) in [6.45, 7) is 2.38. The quantitative estimate of drug-likeness (QED) is 0.167. The molecule has 0 saturated heterocycles. The van der Waals surface area contributed by atoms with Crippen LogP contribution in [0.4, 0.5) is 0 Å². The summed E-state index contributed by atoms with van der Waals surface area (Å²) in [4.78, 5) is 0. The molecule has 11 aromatic rings. The van der Waals surface area contributed by atoms with Crippen molar-refractivity contribution in [3.8, 4) is 22.5 Å². The molecule has 0 N–H and O–H groups in total. The number of fused-ring (bicyclic) bond motifs is 9. The van der Waals surface area contributed by atoms with Crippen molar-refractivity contribution in [2.24, 2.45) is 0 Å². The maximum absolute atomic E-state index is 2.46. The zero-order valence-corrected chi connectivity index (χ0v) is 32.2. The highest BCUT2D eigenvalue weighted by molar-refractivity contribution is 6.14. The van der Waals surface area contributed by atoms with Gasteiger partial charge in [-0.3, -0.25) is 0 Å². The third-order valence-electron chi connectivity index (χ3n) is 12.7. The fraction of sp³-hybridized carbons (Fsp3) is 0.0545. The van der Waals surface area contributed by atoms with E-state index in [1.54, 1.807) is 0 Å². The summed E-state index contributed by atoms with van der Waals surface area (Å²) in [6.07, 6.45) is 8.12. The van der Waals surface area contributed by atoms with Crippen molar-refractivity contribution in [2.45, 2.75) is 18.8 Å². The normalized spacial score (nSPS) is 15.7. The zero-order valence-electron chi connectivity index (χ0n) is 32.2. The molecule has 0 amide bonds. The Balaban J connectivity index is 0.930. The van der Waals surface area contributed by atoms with Gasteiger partial charge in [-0.2, -0.15) is 0 Å². The van der Waals surface area contributed by atoms with Crippen LogP contribution in [0.1, 0.15) is 18.9 Å². The molecule has 1 atom stereocenters. The van der Waals surface area contributed by atoms with Gasteiger partial charge >= 0.3 is 0 Å².